The maximum atomic E-state index is 9.94. The van der Waals surface area contributed by atoms with E-state index in [-0.39, 0.29) is 5.41 Å². The van der Waals surface area contributed by atoms with Crippen LogP contribution in [0.3, 0.4) is 0 Å². The molecule has 1 N–H and O–H groups in total. The predicted octanol–water partition coefficient (Wildman–Crippen LogP) is 3.89. The number of phenolic OH excluding ortho intramolecular Hbond substituents is 1. The molecule has 0 atom stereocenters. The van der Waals surface area contributed by atoms with Crippen LogP contribution in [-0.4, -0.2) is 5.11 Å². The van der Waals surface area contributed by atoms with Crippen molar-refractivity contribution < 1.29 is 5.11 Å². The smallest absolute Gasteiger partial charge is 0.119 e. The Labute approximate surface area is 93.1 Å². The molecule has 0 aliphatic heterocycles. The van der Waals surface area contributed by atoms with Crippen molar-refractivity contribution in [2.24, 2.45) is 5.92 Å². The summed E-state index contributed by atoms with van der Waals surface area (Å²) in [5.41, 5.74) is 2.26. The van der Waals surface area contributed by atoms with Gasteiger partial charge in [-0.25, -0.2) is 0 Å². The number of phenols is 1. The summed E-state index contributed by atoms with van der Waals surface area (Å²) >= 11 is 0. The molecule has 0 aliphatic rings. The van der Waals surface area contributed by atoms with Crippen molar-refractivity contribution in [3.05, 3.63) is 29.3 Å². The lowest BCUT2D eigenvalue weighted by atomic mass is 9.85. The summed E-state index contributed by atoms with van der Waals surface area (Å²) in [4.78, 5) is 0. The first-order valence-electron chi connectivity index (χ1n) is 5.63. The molecule has 1 aromatic rings. The van der Waals surface area contributed by atoms with Gasteiger partial charge < -0.3 is 5.11 Å². The van der Waals surface area contributed by atoms with E-state index >= 15 is 0 Å². The fourth-order valence-corrected chi connectivity index (χ4v) is 1.81. The first kappa shape index (κ1) is 12.1. The maximum absolute atomic E-state index is 9.94. The van der Waals surface area contributed by atoms with Gasteiger partial charge in [0.1, 0.15) is 5.75 Å². The van der Waals surface area contributed by atoms with Crippen LogP contribution in [0, 0.1) is 5.92 Å². The van der Waals surface area contributed by atoms with Gasteiger partial charge in [0.25, 0.3) is 0 Å². The lowest BCUT2D eigenvalue weighted by molar-refractivity contribution is 0.445. The van der Waals surface area contributed by atoms with Crippen LogP contribution >= 0.6 is 0 Å². The molecule has 1 nitrogen and oxygen atoms in total. The summed E-state index contributed by atoms with van der Waals surface area (Å²) in [6.45, 7) is 10.7. The summed E-state index contributed by atoms with van der Waals surface area (Å²) in [5.74, 6) is 1.06. The fraction of sp³-hybridized carbons (Fsp3) is 0.571. The van der Waals surface area contributed by atoms with Crippen molar-refractivity contribution in [3.63, 3.8) is 0 Å². The lowest BCUT2D eigenvalue weighted by Crippen LogP contribution is -2.11. The van der Waals surface area contributed by atoms with E-state index in [2.05, 4.69) is 40.7 Å². The van der Waals surface area contributed by atoms with E-state index in [9.17, 15) is 5.11 Å². The minimum absolute atomic E-state index is 0.0143. The van der Waals surface area contributed by atoms with Crippen molar-refractivity contribution in [1.29, 1.82) is 0 Å². The number of hydrogen-bond acceptors (Lipinski definition) is 1. The van der Waals surface area contributed by atoms with Gasteiger partial charge in [-0.2, -0.15) is 0 Å². The minimum atomic E-state index is 0.0143. The van der Waals surface area contributed by atoms with E-state index in [0.29, 0.717) is 11.7 Å². The van der Waals surface area contributed by atoms with Gasteiger partial charge in [-0.15, -0.1) is 0 Å². The Hall–Kier alpha value is -0.980. The zero-order chi connectivity index (χ0) is 11.6. The highest BCUT2D eigenvalue weighted by Crippen LogP contribution is 2.31. The molecule has 1 rings (SSSR count). The quantitative estimate of drug-likeness (QED) is 0.778. The van der Waals surface area contributed by atoms with Gasteiger partial charge in [0.05, 0.1) is 0 Å². The van der Waals surface area contributed by atoms with Crippen LogP contribution < -0.4 is 0 Å². The molecule has 0 heterocycles. The lowest BCUT2D eigenvalue weighted by Gasteiger charge is -2.21. The van der Waals surface area contributed by atoms with Crippen molar-refractivity contribution in [2.45, 2.75) is 46.5 Å². The SMILES string of the molecule is CC(C)Cc1ccc(C(C)(C)C)c(O)c1. The molecule has 0 aromatic heterocycles. The zero-order valence-corrected chi connectivity index (χ0v) is 10.5. The highest BCUT2D eigenvalue weighted by atomic mass is 16.3. The van der Waals surface area contributed by atoms with Gasteiger partial charge in [0.15, 0.2) is 0 Å². The van der Waals surface area contributed by atoms with Crippen molar-refractivity contribution in [1.82, 2.24) is 0 Å². The van der Waals surface area contributed by atoms with Gasteiger partial charge in [0.2, 0.25) is 0 Å². The molecule has 1 heteroatoms. The first-order chi connectivity index (χ1) is 6.80. The second-order valence-electron chi connectivity index (χ2n) is 5.70. The van der Waals surface area contributed by atoms with Crippen LogP contribution in [0.25, 0.3) is 0 Å². The second kappa shape index (κ2) is 4.26. The van der Waals surface area contributed by atoms with E-state index < -0.39 is 0 Å². The average Bonchev–Trinajstić information content (AvgIpc) is 1.99. The second-order valence-corrected chi connectivity index (χ2v) is 5.70. The van der Waals surface area contributed by atoms with Gasteiger partial charge >= 0.3 is 0 Å². The van der Waals surface area contributed by atoms with Crippen LogP contribution in [0.15, 0.2) is 18.2 Å². The predicted molar refractivity (Wildman–Crippen MR) is 65.3 cm³/mol. The zero-order valence-electron chi connectivity index (χ0n) is 10.5. The van der Waals surface area contributed by atoms with E-state index in [0.717, 1.165) is 12.0 Å². The van der Waals surface area contributed by atoms with Crippen molar-refractivity contribution in [3.8, 4) is 5.75 Å². The number of aromatic hydroxyl groups is 1. The molecule has 0 fully saturated rings. The molecule has 15 heavy (non-hydrogen) atoms. The number of benzene rings is 1. The summed E-state index contributed by atoms with van der Waals surface area (Å²) in [6, 6.07) is 6.08. The molecule has 0 bridgehead atoms. The number of rotatable bonds is 2. The van der Waals surface area contributed by atoms with Crippen LogP contribution in [0.5, 0.6) is 5.75 Å². The Kier molecular flexibility index (Phi) is 3.43. The highest BCUT2D eigenvalue weighted by molar-refractivity contribution is 5.40. The highest BCUT2D eigenvalue weighted by Gasteiger charge is 2.17. The van der Waals surface area contributed by atoms with Crippen molar-refractivity contribution >= 4 is 0 Å². The third-order valence-corrected chi connectivity index (χ3v) is 2.51. The van der Waals surface area contributed by atoms with Gasteiger partial charge in [0, 0.05) is 0 Å². The molecule has 84 valence electrons. The molecule has 0 saturated heterocycles. The van der Waals surface area contributed by atoms with E-state index in [4.69, 9.17) is 0 Å². The number of hydrogen-bond donors (Lipinski definition) is 1. The molecular weight excluding hydrogens is 184 g/mol. The normalized spacial score (nSPS) is 12.1. The monoisotopic (exact) mass is 206 g/mol. The van der Waals surface area contributed by atoms with Crippen LogP contribution in [0.1, 0.15) is 45.7 Å². The average molecular weight is 206 g/mol. The molecule has 1 aromatic carbocycles. The van der Waals surface area contributed by atoms with E-state index in [1.165, 1.54) is 5.56 Å². The van der Waals surface area contributed by atoms with Crippen LogP contribution in [0.2, 0.25) is 0 Å². The minimum Gasteiger partial charge on any atom is -0.508 e. The summed E-state index contributed by atoms with van der Waals surface area (Å²) in [5, 5.41) is 9.94. The van der Waals surface area contributed by atoms with Gasteiger partial charge in [-0.1, -0.05) is 46.8 Å². The van der Waals surface area contributed by atoms with E-state index in [1.807, 2.05) is 12.1 Å². The van der Waals surface area contributed by atoms with Gasteiger partial charge in [-0.05, 0) is 34.9 Å². The summed E-state index contributed by atoms with van der Waals surface area (Å²) < 4.78 is 0. The largest absolute Gasteiger partial charge is 0.508 e. The molecule has 0 unspecified atom stereocenters. The Balaban J connectivity index is 2.99. The summed E-state index contributed by atoms with van der Waals surface area (Å²) in [6.07, 6.45) is 1.03. The molecule has 0 radical (unpaired) electrons. The molecule has 0 saturated carbocycles. The van der Waals surface area contributed by atoms with Crippen LogP contribution in [-0.2, 0) is 11.8 Å². The topological polar surface area (TPSA) is 20.2 Å². The van der Waals surface area contributed by atoms with Crippen LogP contribution in [0.4, 0.5) is 0 Å². The third kappa shape index (κ3) is 3.26. The third-order valence-electron chi connectivity index (χ3n) is 2.51. The first-order valence-corrected chi connectivity index (χ1v) is 5.63. The molecule has 0 spiro atoms. The molecule has 0 aliphatic carbocycles. The fourth-order valence-electron chi connectivity index (χ4n) is 1.81. The Bertz CT molecular complexity index is 332. The van der Waals surface area contributed by atoms with Gasteiger partial charge in [-0.3, -0.25) is 0 Å². The van der Waals surface area contributed by atoms with E-state index in [1.54, 1.807) is 0 Å². The maximum Gasteiger partial charge on any atom is 0.119 e. The Morgan fingerprint density at radius 2 is 1.80 bits per heavy atom. The van der Waals surface area contributed by atoms with Crippen molar-refractivity contribution in [2.75, 3.05) is 0 Å². The Morgan fingerprint density at radius 1 is 1.20 bits per heavy atom. The molecule has 0 amide bonds. The molecular formula is C14H22O. The Morgan fingerprint density at radius 3 is 2.20 bits per heavy atom. The standard InChI is InChI=1S/C14H22O/c1-10(2)8-11-6-7-12(13(15)9-11)14(3,4)5/h6-7,9-10,15H,8H2,1-5H3. The summed E-state index contributed by atoms with van der Waals surface area (Å²) in [7, 11) is 0.